The maximum Gasteiger partial charge on any atom is 0.191 e. The summed E-state index contributed by atoms with van der Waals surface area (Å²) in [6.45, 7) is 9.39. The number of furan rings is 1. The number of guanidine groups is 1. The molecule has 0 spiro atoms. The zero-order valence-corrected chi connectivity index (χ0v) is 16.1. The van der Waals surface area contributed by atoms with Gasteiger partial charge >= 0.3 is 0 Å². The largest absolute Gasteiger partial charge is 0.465 e. The van der Waals surface area contributed by atoms with Gasteiger partial charge in [-0.15, -0.1) is 0 Å². The first kappa shape index (κ1) is 19.4. The van der Waals surface area contributed by atoms with Crippen LogP contribution in [0.25, 0.3) is 0 Å². The maximum absolute atomic E-state index is 5.93. The Morgan fingerprint density at radius 1 is 1.22 bits per heavy atom. The van der Waals surface area contributed by atoms with E-state index in [1.54, 1.807) is 6.20 Å². The highest BCUT2D eigenvalue weighted by Crippen LogP contribution is 2.23. The van der Waals surface area contributed by atoms with Gasteiger partial charge in [0, 0.05) is 32.4 Å². The fourth-order valence-electron chi connectivity index (χ4n) is 3.12. The minimum absolute atomic E-state index is 0.140. The Kier molecular flexibility index (Phi) is 7.24. The summed E-state index contributed by atoms with van der Waals surface area (Å²) >= 11 is 0. The zero-order chi connectivity index (χ0) is 18.9. The van der Waals surface area contributed by atoms with Crippen molar-refractivity contribution >= 4 is 5.96 Å². The molecule has 146 valence electrons. The highest BCUT2D eigenvalue weighted by atomic mass is 16.5. The van der Waals surface area contributed by atoms with Crippen LogP contribution in [-0.4, -0.2) is 55.2 Å². The third kappa shape index (κ3) is 5.80. The lowest BCUT2D eigenvalue weighted by Gasteiger charge is -2.33. The number of nitrogens with one attached hydrogen (secondary N) is 2. The number of ether oxygens (including phenoxy) is 1. The molecule has 1 unspecified atom stereocenters. The van der Waals surface area contributed by atoms with Crippen molar-refractivity contribution in [3.8, 4) is 0 Å². The monoisotopic (exact) mass is 371 g/mol. The van der Waals surface area contributed by atoms with E-state index in [9.17, 15) is 0 Å². The number of hydrogen-bond donors (Lipinski definition) is 2. The Bertz CT molecular complexity index is 710. The van der Waals surface area contributed by atoms with Crippen molar-refractivity contribution in [3.63, 3.8) is 0 Å². The molecule has 7 heteroatoms. The summed E-state index contributed by atoms with van der Waals surface area (Å²) in [6.07, 6.45) is 1.79. The highest BCUT2D eigenvalue weighted by Gasteiger charge is 2.25. The van der Waals surface area contributed by atoms with E-state index in [0.717, 1.165) is 56.0 Å². The van der Waals surface area contributed by atoms with Crippen LogP contribution >= 0.6 is 0 Å². The molecule has 2 aromatic heterocycles. The number of hydrogen-bond acceptors (Lipinski definition) is 5. The summed E-state index contributed by atoms with van der Waals surface area (Å²) in [5, 5.41) is 6.77. The topological polar surface area (TPSA) is 74.9 Å². The van der Waals surface area contributed by atoms with Gasteiger partial charge < -0.3 is 19.8 Å². The van der Waals surface area contributed by atoms with Gasteiger partial charge in [0.05, 0.1) is 31.5 Å². The predicted molar refractivity (Wildman–Crippen MR) is 106 cm³/mol. The number of aliphatic imine (C=N–C) groups is 1. The van der Waals surface area contributed by atoms with Crippen LogP contribution in [0.15, 0.2) is 45.9 Å². The first-order valence-electron chi connectivity index (χ1n) is 9.56. The molecule has 1 saturated heterocycles. The Morgan fingerprint density at radius 3 is 2.74 bits per heavy atom. The van der Waals surface area contributed by atoms with E-state index in [1.807, 2.05) is 31.2 Å². The first-order valence-corrected chi connectivity index (χ1v) is 9.56. The third-order valence-corrected chi connectivity index (χ3v) is 4.51. The molecule has 0 amide bonds. The van der Waals surface area contributed by atoms with Gasteiger partial charge in [-0.2, -0.15) is 0 Å². The number of pyridine rings is 1. The second kappa shape index (κ2) is 10.1. The molecule has 1 atom stereocenters. The lowest BCUT2D eigenvalue weighted by molar-refractivity contribution is 0.0124. The molecule has 0 radical (unpaired) electrons. The van der Waals surface area contributed by atoms with Gasteiger partial charge in [0.15, 0.2) is 5.96 Å². The average Bonchev–Trinajstić information content (AvgIpc) is 3.14. The second-order valence-corrected chi connectivity index (χ2v) is 6.51. The molecule has 2 aromatic rings. The van der Waals surface area contributed by atoms with Crippen LogP contribution in [0.2, 0.25) is 0 Å². The summed E-state index contributed by atoms with van der Waals surface area (Å²) in [7, 11) is 0. The van der Waals surface area contributed by atoms with Gasteiger partial charge in [0.25, 0.3) is 0 Å². The molecule has 3 rings (SSSR count). The molecule has 1 aliphatic heterocycles. The Hall–Kier alpha value is -2.38. The smallest absolute Gasteiger partial charge is 0.191 e. The van der Waals surface area contributed by atoms with Crippen LogP contribution < -0.4 is 10.6 Å². The highest BCUT2D eigenvalue weighted by molar-refractivity contribution is 5.79. The number of aryl methyl sites for hydroxylation is 1. The number of aromatic nitrogens is 1. The van der Waals surface area contributed by atoms with E-state index in [2.05, 4.69) is 38.5 Å². The third-order valence-electron chi connectivity index (χ3n) is 4.51. The Morgan fingerprint density at radius 2 is 2.07 bits per heavy atom. The van der Waals surface area contributed by atoms with Crippen LogP contribution in [0.1, 0.15) is 30.2 Å². The summed E-state index contributed by atoms with van der Waals surface area (Å²) in [6, 6.07) is 10.1. The van der Waals surface area contributed by atoms with Gasteiger partial charge in [-0.25, -0.2) is 4.99 Å². The van der Waals surface area contributed by atoms with Crippen molar-refractivity contribution in [1.82, 2.24) is 20.5 Å². The lowest BCUT2D eigenvalue weighted by Crippen LogP contribution is -2.46. The van der Waals surface area contributed by atoms with E-state index >= 15 is 0 Å². The number of nitrogens with zero attached hydrogens (tertiary/aromatic N) is 3. The summed E-state index contributed by atoms with van der Waals surface area (Å²) in [5.41, 5.74) is 0.945. The summed E-state index contributed by atoms with van der Waals surface area (Å²) in [4.78, 5) is 11.4. The van der Waals surface area contributed by atoms with Crippen molar-refractivity contribution in [2.75, 3.05) is 39.4 Å². The quantitative estimate of drug-likeness (QED) is 0.574. The average molecular weight is 371 g/mol. The van der Waals surface area contributed by atoms with E-state index in [-0.39, 0.29) is 6.04 Å². The van der Waals surface area contributed by atoms with Gasteiger partial charge in [0.1, 0.15) is 11.5 Å². The first-order chi connectivity index (χ1) is 13.3. The van der Waals surface area contributed by atoms with Crippen molar-refractivity contribution in [3.05, 3.63) is 53.7 Å². The molecule has 0 bridgehead atoms. The van der Waals surface area contributed by atoms with Crippen molar-refractivity contribution in [2.45, 2.75) is 26.4 Å². The van der Waals surface area contributed by atoms with E-state index in [0.29, 0.717) is 13.1 Å². The van der Waals surface area contributed by atoms with Crippen LogP contribution in [0, 0.1) is 6.92 Å². The Labute approximate surface area is 160 Å². The van der Waals surface area contributed by atoms with Crippen LogP contribution in [-0.2, 0) is 11.3 Å². The Balaban J connectivity index is 1.67. The predicted octanol–water partition coefficient (Wildman–Crippen LogP) is 2.11. The molecule has 3 heterocycles. The molecule has 27 heavy (non-hydrogen) atoms. The molecule has 1 aliphatic rings. The standard InChI is InChI=1S/C20H29N5O2/c1-3-21-20(23-14-17-6-4-5-9-22-17)24-15-18(19-8-7-16(2)27-19)25-10-12-26-13-11-25/h4-9,18H,3,10-15H2,1-2H3,(H2,21,23,24). The van der Waals surface area contributed by atoms with Crippen LogP contribution in [0.5, 0.6) is 0 Å². The second-order valence-electron chi connectivity index (χ2n) is 6.51. The fourth-order valence-corrected chi connectivity index (χ4v) is 3.12. The number of morpholine rings is 1. The summed E-state index contributed by atoms with van der Waals surface area (Å²) in [5.74, 6) is 2.69. The van der Waals surface area contributed by atoms with Crippen LogP contribution in [0.3, 0.4) is 0 Å². The van der Waals surface area contributed by atoms with Gasteiger partial charge in [0.2, 0.25) is 0 Å². The van der Waals surface area contributed by atoms with Crippen LogP contribution in [0.4, 0.5) is 0 Å². The molecular weight excluding hydrogens is 342 g/mol. The maximum atomic E-state index is 5.93. The minimum Gasteiger partial charge on any atom is -0.465 e. The molecule has 0 aliphatic carbocycles. The zero-order valence-electron chi connectivity index (χ0n) is 16.1. The molecule has 1 fully saturated rings. The molecule has 0 saturated carbocycles. The van der Waals surface area contributed by atoms with E-state index < -0.39 is 0 Å². The van der Waals surface area contributed by atoms with E-state index in [1.165, 1.54) is 0 Å². The fraction of sp³-hybridized carbons (Fsp3) is 0.500. The summed E-state index contributed by atoms with van der Waals surface area (Å²) < 4.78 is 11.4. The van der Waals surface area contributed by atoms with Crippen molar-refractivity contribution in [2.24, 2.45) is 4.99 Å². The molecule has 7 nitrogen and oxygen atoms in total. The number of rotatable bonds is 7. The van der Waals surface area contributed by atoms with E-state index in [4.69, 9.17) is 9.15 Å². The normalized spacial score (nSPS) is 16.9. The molecule has 2 N–H and O–H groups in total. The van der Waals surface area contributed by atoms with Crippen molar-refractivity contribution < 1.29 is 9.15 Å². The van der Waals surface area contributed by atoms with Crippen molar-refractivity contribution in [1.29, 1.82) is 0 Å². The van der Waals surface area contributed by atoms with Gasteiger partial charge in [-0.3, -0.25) is 9.88 Å². The minimum atomic E-state index is 0.140. The lowest BCUT2D eigenvalue weighted by atomic mass is 10.1. The van der Waals surface area contributed by atoms with Gasteiger partial charge in [-0.1, -0.05) is 6.07 Å². The molecular formula is C20H29N5O2. The van der Waals surface area contributed by atoms with Gasteiger partial charge in [-0.05, 0) is 38.1 Å². The SMILES string of the molecule is CCNC(=NCc1ccccn1)NCC(c1ccc(C)o1)N1CCOCC1. The molecule has 0 aromatic carbocycles.